The fourth-order valence-electron chi connectivity index (χ4n) is 2.46. The van der Waals surface area contributed by atoms with Gasteiger partial charge in [0.2, 0.25) is 0 Å². The van der Waals surface area contributed by atoms with Gasteiger partial charge in [0.1, 0.15) is 12.4 Å². The van der Waals surface area contributed by atoms with E-state index in [2.05, 4.69) is 26.0 Å². The summed E-state index contributed by atoms with van der Waals surface area (Å²) in [5.41, 5.74) is 1.91. The van der Waals surface area contributed by atoms with E-state index in [0.29, 0.717) is 13.0 Å². The van der Waals surface area contributed by atoms with Crippen molar-refractivity contribution < 1.29 is 14.3 Å². The molecule has 0 N–H and O–H groups in total. The second-order valence-corrected chi connectivity index (χ2v) is 7.11. The largest absolute Gasteiger partial charge is 0.492 e. The molecule has 0 amide bonds. The highest BCUT2D eigenvalue weighted by molar-refractivity contribution is 6.21. The molecule has 2 rings (SSSR count). The first-order chi connectivity index (χ1) is 11.9. The van der Waals surface area contributed by atoms with E-state index in [9.17, 15) is 4.79 Å². The number of para-hydroxylation sites is 1. The fourth-order valence-corrected chi connectivity index (χ4v) is 2.70. The Labute approximate surface area is 154 Å². The Morgan fingerprint density at radius 2 is 1.72 bits per heavy atom. The molecule has 2 aromatic rings. The predicted molar refractivity (Wildman–Crippen MR) is 101 cm³/mol. The van der Waals surface area contributed by atoms with Crippen LogP contribution in [-0.2, 0) is 14.9 Å². The average Bonchev–Trinajstić information content (AvgIpc) is 2.65. The van der Waals surface area contributed by atoms with Crippen molar-refractivity contribution in [2.24, 2.45) is 0 Å². The lowest BCUT2D eigenvalue weighted by Crippen LogP contribution is -2.26. The standard InChI is InChI=1S/C21H25ClO3/c1-4-20(23)24-14-18(22)17-12-8-9-13-19(17)25-15-21(2,3)16-10-6-5-7-11-16/h5-13,18H,4,14-15H2,1-3H3. The molecule has 0 bridgehead atoms. The molecule has 134 valence electrons. The smallest absolute Gasteiger partial charge is 0.305 e. The number of alkyl halides is 1. The molecule has 4 heteroatoms. The minimum absolute atomic E-state index is 0.134. The molecule has 0 saturated heterocycles. The Kier molecular flexibility index (Phi) is 6.89. The van der Waals surface area contributed by atoms with Gasteiger partial charge in [0.25, 0.3) is 0 Å². The summed E-state index contributed by atoms with van der Waals surface area (Å²) in [7, 11) is 0. The van der Waals surface area contributed by atoms with Crippen LogP contribution in [0.1, 0.15) is 43.7 Å². The molecular formula is C21H25ClO3. The van der Waals surface area contributed by atoms with Gasteiger partial charge >= 0.3 is 5.97 Å². The van der Waals surface area contributed by atoms with Crippen LogP contribution < -0.4 is 4.74 Å². The molecule has 2 aromatic carbocycles. The minimum Gasteiger partial charge on any atom is -0.492 e. The van der Waals surface area contributed by atoms with E-state index in [1.165, 1.54) is 5.56 Å². The molecule has 0 spiro atoms. The predicted octanol–water partition coefficient (Wildman–Crippen LogP) is 5.28. The van der Waals surface area contributed by atoms with E-state index in [1.807, 2.05) is 42.5 Å². The van der Waals surface area contributed by atoms with Gasteiger partial charge in [-0.2, -0.15) is 0 Å². The monoisotopic (exact) mass is 360 g/mol. The first-order valence-electron chi connectivity index (χ1n) is 8.51. The third-order valence-electron chi connectivity index (χ3n) is 4.08. The summed E-state index contributed by atoms with van der Waals surface area (Å²) in [6, 6.07) is 17.9. The van der Waals surface area contributed by atoms with Gasteiger partial charge in [-0.3, -0.25) is 4.79 Å². The molecule has 1 atom stereocenters. The number of ether oxygens (including phenoxy) is 2. The SMILES string of the molecule is CCC(=O)OCC(Cl)c1ccccc1OCC(C)(C)c1ccccc1. The molecular weight excluding hydrogens is 336 g/mol. The Bertz CT molecular complexity index is 683. The lowest BCUT2D eigenvalue weighted by atomic mass is 9.85. The molecule has 0 aliphatic heterocycles. The second-order valence-electron chi connectivity index (χ2n) is 6.58. The van der Waals surface area contributed by atoms with Gasteiger partial charge < -0.3 is 9.47 Å². The van der Waals surface area contributed by atoms with E-state index in [1.54, 1.807) is 6.92 Å². The Morgan fingerprint density at radius 1 is 1.08 bits per heavy atom. The summed E-state index contributed by atoms with van der Waals surface area (Å²) >= 11 is 6.42. The quantitative estimate of drug-likeness (QED) is 0.474. The third kappa shape index (κ3) is 5.50. The van der Waals surface area contributed by atoms with Crippen molar-refractivity contribution in [1.82, 2.24) is 0 Å². The molecule has 0 heterocycles. The molecule has 25 heavy (non-hydrogen) atoms. The van der Waals surface area contributed by atoms with Crippen molar-refractivity contribution >= 4 is 17.6 Å². The summed E-state index contributed by atoms with van der Waals surface area (Å²) in [5.74, 6) is 0.466. The van der Waals surface area contributed by atoms with E-state index < -0.39 is 5.38 Å². The summed E-state index contributed by atoms with van der Waals surface area (Å²) in [4.78, 5) is 11.3. The van der Waals surface area contributed by atoms with Gasteiger partial charge in [0, 0.05) is 17.4 Å². The maximum atomic E-state index is 11.3. The van der Waals surface area contributed by atoms with Crippen LogP contribution in [-0.4, -0.2) is 19.2 Å². The normalized spacial score (nSPS) is 12.5. The summed E-state index contributed by atoms with van der Waals surface area (Å²) in [5, 5.41) is -0.438. The van der Waals surface area contributed by atoms with Crippen LogP contribution in [0.3, 0.4) is 0 Å². The van der Waals surface area contributed by atoms with E-state index in [4.69, 9.17) is 21.1 Å². The van der Waals surface area contributed by atoms with Crippen molar-refractivity contribution in [1.29, 1.82) is 0 Å². The maximum absolute atomic E-state index is 11.3. The number of esters is 1. The molecule has 0 radical (unpaired) electrons. The lowest BCUT2D eigenvalue weighted by Gasteiger charge is -2.26. The van der Waals surface area contributed by atoms with Gasteiger partial charge in [-0.25, -0.2) is 0 Å². The molecule has 3 nitrogen and oxygen atoms in total. The molecule has 0 aliphatic carbocycles. The van der Waals surface area contributed by atoms with Crippen LogP contribution in [0, 0.1) is 0 Å². The number of hydrogen-bond donors (Lipinski definition) is 0. The van der Waals surface area contributed by atoms with Crippen LogP contribution in [0.5, 0.6) is 5.75 Å². The van der Waals surface area contributed by atoms with Crippen LogP contribution in [0.4, 0.5) is 0 Å². The number of carbonyl (C=O) groups is 1. The molecule has 0 saturated carbocycles. The maximum Gasteiger partial charge on any atom is 0.305 e. The second kappa shape index (κ2) is 8.91. The van der Waals surface area contributed by atoms with Crippen LogP contribution in [0.2, 0.25) is 0 Å². The van der Waals surface area contributed by atoms with Crippen molar-refractivity contribution in [3.8, 4) is 5.75 Å². The fraction of sp³-hybridized carbons (Fsp3) is 0.381. The highest BCUT2D eigenvalue weighted by Crippen LogP contribution is 2.32. The Morgan fingerprint density at radius 3 is 2.40 bits per heavy atom. The van der Waals surface area contributed by atoms with Crippen molar-refractivity contribution in [3.05, 3.63) is 65.7 Å². The van der Waals surface area contributed by atoms with Gasteiger partial charge in [-0.15, -0.1) is 11.6 Å². The summed E-state index contributed by atoms with van der Waals surface area (Å²) in [6.07, 6.45) is 0.340. The lowest BCUT2D eigenvalue weighted by molar-refractivity contribution is -0.143. The zero-order valence-corrected chi connectivity index (χ0v) is 15.8. The highest BCUT2D eigenvalue weighted by atomic mass is 35.5. The molecule has 0 aliphatic rings. The molecule has 0 fully saturated rings. The minimum atomic E-state index is -0.438. The number of carbonyl (C=O) groups excluding carboxylic acids is 1. The summed E-state index contributed by atoms with van der Waals surface area (Å²) in [6.45, 7) is 6.70. The van der Waals surface area contributed by atoms with Crippen molar-refractivity contribution in [3.63, 3.8) is 0 Å². The highest BCUT2D eigenvalue weighted by Gasteiger charge is 2.23. The number of hydrogen-bond acceptors (Lipinski definition) is 3. The van der Waals surface area contributed by atoms with E-state index in [-0.39, 0.29) is 18.0 Å². The Balaban J connectivity index is 2.06. The molecule has 0 aromatic heterocycles. The first kappa shape index (κ1) is 19.3. The first-order valence-corrected chi connectivity index (χ1v) is 8.94. The van der Waals surface area contributed by atoms with Gasteiger partial charge in [0.05, 0.1) is 12.0 Å². The average molecular weight is 361 g/mol. The number of benzene rings is 2. The van der Waals surface area contributed by atoms with E-state index in [0.717, 1.165) is 11.3 Å². The van der Waals surface area contributed by atoms with E-state index >= 15 is 0 Å². The van der Waals surface area contributed by atoms with Crippen LogP contribution in [0.25, 0.3) is 0 Å². The van der Waals surface area contributed by atoms with Crippen LogP contribution >= 0.6 is 11.6 Å². The van der Waals surface area contributed by atoms with Gasteiger partial charge in [-0.1, -0.05) is 69.3 Å². The van der Waals surface area contributed by atoms with Crippen molar-refractivity contribution in [2.75, 3.05) is 13.2 Å². The van der Waals surface area contributed by atoms with Crippen LogP contribution in [0.15, 0.2) is 54.6 Å². The number of halogens is 1. The topological polar surface area (TPSA) is 35.5 Å². The number of rotatable bonds is 8. The van der Waals surface area contributed by atoms with Gasteiger partial charge in [-0.05, 0) is 11.6 Å². The van der Waals surface area contributed by atoms with Crippen molar-refractivity contribution in [2.45, 2.75) is 38.0 Å². The third-order valence-corrected chi connectivity index (χ3v) is 4.44. The Hall–Kier alpha value is -2.00. The van der Waals surface area contributed by atoms with Gasteiger partial charge in [0.15, 0.2) is 0 Å². The zero-order valence-electron chi connectivity index (χ0n) is 15.0. The molecule has 1 unspecified atom stereocenters. The zero-order chi connectivity index (χ0) is 18.3. The summed E-state index contributed by atoms with van der Waals surface area (Å²) < 4.78 is 11.2.